The molecule has 1 aliphatic carbocycles. The van der Waals surface area contributed by atoms with Crippen LogP contribution in [0, 0.1) is 5.92 Å². The molecule has 0 saturated heterocycles. The molecule has 120 valence electrons. The second-order valence-corrected chi connectivity index (χ2v) is 6.33. The van der Waals surface area contributed by atoms with Crippen molar-refractivity contribution in [3.63, 3.8) is 0 Å². The summed E-state index contributed by atoms with van der Waals surface area (Å²) in [5.41, 5.74) is 0. The number of nitrogens with one attached hydrogen (secondary N) is 1. The lowest BCUT2D eigenvalue weighted by molar-refractivity contribution is 0.0167. The van der Waals surface area contributed by atoms with Gasteiger partial charge in [-0.3, -0.25) is 0 Å². The highest BCUT2D eigenvalue weighted by atomic mass is 16.5. The van der Waals surface area contributed by atoms with E-state index in [1.807, 2.05) is 0 Å². The fourth-order valence-corrected chi connectivity index (χ4v) is 3.16. The van der Waals surface area contributed by atoms with Crippen molar-refractivity contribution >= 4 is 0 Å². The third-order valence-electron chi connectivity index (χ3n) is 4.43. The van der Waals surface area contributed by atoms with Gasteiger partial charge in [0.25, 0.3) is 0 Å². The van der Waals surface area contributed by atoms with Crippen LogP contribution in [0.1, 0.15) is 85.0 Å². The van der Waals surface area contributed by atoms with Crippen LogP contribution < -0.4 is 5.32 Å². The molecular weight excluding hydrogens is 246 g/mol. The van der Waals surface area contributed by atoms with E-state index in [1.54, 1.807) is 0 Å². The lowest BCUT2D eigenvalue weighted by Crippen LogP contribution is -2.42. The van der Waals surface area contributed by atoms with Gasteiger partial charge >= 0.3 is 0 Å². The predicted octanol–water partition coefficient (Wildman–Crippen LogP) is 4.92. The zero-order valence-electron chi connectivity index (χ0n) is 14.1. The van der Waals surface area contributed by atoms with Gasteiger partial charge in [0.05, 0.1) is 6.10 Å². The summed E-state index contributed by atoms with van der Waals surface area (Å²) in [7, 11) is 0. The van der Waals surface area contributed by atoms with Crippen molar-refractivity contribution in [3.05, 3.63) is 0 Å². The molecule has 1 saturated carbocycles. The quantitative estimate of drug-likeness (QED) is 0.457. The Bertz CT molecular complexity index is 215. The Morgan fingerprint density at radius 1 is 0.950 bits per heavy atom. The minimum atomic E-state index is 0.472. The van der Waals surface area contributed by atoms with Crippen LogP contribution in [0.2, 0.25) is 0 Å². The van der Waals surface area contributed by atoms with Crippen molar-refractivity contribution in [1.29, 1.82) is 0 Å². The number of ether oxygens (including phenoxy) is 1. The van der Waals surface area contributed by atoms with Crippen molar-refractivity contribution < 1.29 is 4.74 Å². The summed E-state index contributed by atoms with van der Waals surface area (Å²) in [6, 6.07) is 0.586. The van der Waals surface area contributed by atoms with Gasteiger partial charge in [0.15, 0.2) is 0 Å². The maximum atomic E-state index is 6.03. The Hall–Kier alpha value is -0.0800. The molecule has 1 rings (SSSR count). The normalized spacial score (nSPS) is 18.1. The molecule has 2 unspecified atom stereocenters. The molecular formula is C18H37NO. The van der Waals surface area contributed by atoms with Crippen molar-refractivity contribution in [1.82, 2.24) is 5.32 Å². The van der Waals surface area contributed by atoms with Gasteiger partial charge < -0.3 is 10.1 Å². The summed E-state index contributed by atoms with van der Waals surface area (Å²) < 4.78 is 6.03. The van der Waals surface area contributed by atoms with Crippen LogP contribution in [-0.2, 0) is 4.74 Å². The van der Waals surface area contributed by atoms with Crippen molar-refractivity contribution in [3.8, 4) is 0 Å². The van der Waals surface area contributed by atoms with E-state index in [2.05, 4.69) is 26.1 Å². The van der Waals surface area contributed by atoms with Gasteiger partial charge in [0.1, 0.15) is 0 Å². The molecule has 1 aliphatic rings. The van der Waals surface area contributed by atoms with Crippen LogP contribution in [-0.4, -0.2) is 25.3 Å². The first-order valence-corrected chi connectivity index (χ1v) is 9.18. The Morgan fingerprint density at radius 3 is 2.15 bits per heavy atom. The van der Waals surface area contributed by atoms with Gasteiger partial charge in [-0.05, 0) is 38.6 Å². The van der Waals surface area contributed by atoms with Gasteiger partial charge in [0, 0.05) is 12.6 Å². The summed E-state index contributed by atoms with van der Waals surface area (Å²) in [6.45, 7) is 8.56. The van der Waals surface area contributed by atoms with Crippen LogP contribution in [0.4, 0.5) is 0 Å². The molecule has 0 aliphatic heterocycles. The molecule has 0 heterocycles. The molecule has 0 aromatic carbocycles. The second kappa shape index (κ2) is 11.6. The van der Waals surface area contributed by atoms with Gasteiger partial charge in [-0.25, -0.2) is 0 Å². The largest absolute Gasteiger partial charge is 0.377 e. The topological polar surface area (TPSA) is 21.3 Å². The monoisotopic (exact) mass is 283 g/mol. The van der Waals surface area contributed by atoms with E-state index >= 15 is 0 Å². The van der Waals surface area contributed by atoms with E-state index in [0.717, 1.165) is 19.1 Å². The Morgan fingerprint density at radius 2 is 1.60 bits per heavy atom. The lowest BCUT2D eigenvalue weighted by Gasteiger charge is -2.28. The summed E-state index contributed by atoms with van der Waals surface area (Å²) >= 11 is 0. The molecule has 0 bridgehead atoms. The number of hydrogen-bond acceptors (Lipinski definition) is 2. The third kappa shape index (κ3) is 7.64. The second-order valence-electron chi connectivity index (χ2n) is 6.33. The zero-order chi connectivity index (χ0) is 14.6. The van der Waals surface area contributed by atoms with Gasteiger partial charge in [-0.15, -0.1) is 0 Å². The van der Waals surface area contributed by atoms with Gasteiger partial charge in [0.2, 0.25) is 0 Å². The molecule has 0 spiro atoms. The average Bonchev–Trinajstić information content (AvgIpc) is 3.27. The average molecular weight is 284 g/mol. The van der Waals surface area contributed by atoms with Crippen LogP contribution in [0.25, 0.3) is 0 Å². The van der Waals surface area contributed by atoms with E-state index in [1.165, 1.54) is 64.2 Å². The predicted molar refractivity (Wildman–Crippen MR) is 88.2 cm³/mol. The molecule has 1 fully saturated rings. The SMILES string of the molecule is CCCCCCCCCC(NCC)C(OCC)C1CC1. The zero-order valence-corrected chi connectivity index (χ0v) is 14.1. The molecule has 2 heteroatoms. The Labute approximate surface area is 127 Å². The van der Waals surface area contributed by atoms with Gasteiger partial charge in [-0.1, -0.05) is 58.8 Å². The maximum Gasteiger partial charge on any atom is 0.0755 e. The van der Waals surface area contributed by atoms with Crippen LogP contribution >= 0.6 is 0 Å². The molecule has 0 aromatic heterocycles. The molecule has 20 heavy (non-hydrogen) atoms. The number of rotatable bonds is 14. The first kappa shape index (κ1) is 18.0. The fraction of sp³-hybridized carbons (Fsp3) is 1.00. The standard InChI is InChI=1S/C18H37NO/c1-4-7-8-9-10-11-12-13-17(19-5-2)18(20-6-3)16-14-15-16/h16-19H,4-15H2,1-3H3. The van der Waals surface area contributed by atoms with Crippen molar-refractivity contribution in [2.24, 2.45) is 5.92 Å². The van der Waals surface area contributed by atoms with Crippen LogP contribution in [0.15, 0.2) is 0 Å². The van der Waals surface area contributed by atoms with Crippen LogP contribution in [0.5, 0.6) is 0 Å². The van der Waals surface area contributed by atoms with E-state index < -0.39 is 0 Å². The van der Waals surface area contributed by atoms with E-state index in [-0.39, 0.29) is 0 Å². The smallest absolute Gasteiger partial charge is 0.0755 e. The van der Waals surface area contributed by atoms with E-state index in [4.69, 9.17) is 4.74 Å². The molecule has 2 atom stereocenters. The van der Waals surface area contributed by atoms with Crippen molar-refractivity contribution in [2.45, 2.75) is 97.1 Å². The Balaban J connectivity index is 2.17. The van der Waals surface area contributed by atoms with E-state index in [0.29, 0.717) is 12.1 Å². The summed E-state index contributed by atoms with van der Waals surface area (Å²) in [4.78, 5) is 0. The maximum absolute atomic E-state index is 6.03. The summed E-state index contributed by atoms with van der Waals surface area (Å²) in [5.74, 6) is 0.837. The van der Waals surface area contributed by atoms with E-state index in [9.17, 15) is 0 Å². The minimum Gasteiger partial charge on any atom is -0.377 e. The summed E-state index contributed by atoms with van der Waals surface area (Å²) in [5, 5.41) is 3.68. The lowest BCUT2D eigenvalue weighted by atomic mass is 9.98. The highest BCUT2D eigenvalue weighted by Crippen LogP contribution is 2.36. The highest BCUT2D eigenvalue weighted by Gasteiger charge is 2.36. The number of hydrogen-bond donors (Lipinski definition) is 1. The van der Waals surface area contributed by atoms with Gasteiger partial charge in [-0.2, -0.15) is 0 Å². The van der Waals surface area contributed by atoms with Crippen LogP contribution in [0.3, 0.4) is 0 Å². The third-order valence-corrected chi connectivity index (χ3v) is 4.43. The number of likely N-dealkylation sites (N-methyl/N-ethyl adjacent to an activating group) is 1. The Kier molecular flexibility index (Phi) is 10.4. The summed E-state index contributed by atoms with van der Waals surface area (Å²) in [6.07, 6.45) is 14.3. The fourth-order valence-electron chi connectivity index (χ4n) is 3.16. The minimum absolute atomic E-state index is 0.472. The highest BCUT2D eigenvalue weighted by molar-refractivity contribution is 4.90. The first-order valence-electron chi connectivity index (χ1n) is 9.18. The molecule has 0 amide bonds. The van der Waals surface area contributed by atoms with Crippen molar-refractivity contribution in [2.75, 3.05) is 13.2 Å². The molecule has 0 aromatic rings. The molecule has 0 radical (unpaired) electrons. The first-order chi connectivity index (χ1) is 9.83. The molecule has 2 nitrogen and oxygen atoms in total. The molecule has 1 N–H and O–H groups in total. The number of unbranched alkanes of at least 4 members (excludes halogenated alkanes) is 6.